The Morgan fingerprint density at radius 2 is 2.00 bits per heavy atom. The zero-order valence-corrected chi connectivity index (χ0v) is 13.7. The van der Waals surface area contributed by atoms with Gasteiger partial charge < -0.3 is 15.1 Å². The molecule has 0 atom stereocenters. The van der Waals surface area contributed by atoms with Crippen LogP contribution >= 0.6 is 11.6 Å². The van der Waals surface area contributed by atoms with Crippen LogP contribution in [0.25, 0.3) is 0 Å². The van der Waals surface area contributed by atoms with Crippen molar-refractivity contribution < 1.29 is 4.39 Å². The molecule has 0 bridgehead atoms. The van der Waals surface area contributed by atoms with Crippen LogP contribution in [0.1, 0.15) is 6.92 Å². The molecule has 23 heavy (non-hydrogen) atoms. The summed E-state index contributed by atoms with van der Waals surface area (Å²) in [6.45, 7) is 7.24. The molecule has 1 fully saturated rings. The first-order chi connectivity index (χ1) is 11.2. The van der Waals surface area contributed by atoms with Gasteiger partial charge in [0.25, 0.3) is 0 Å². The lowest BCUT2D eigenvalue weighted by molar-refractivity contribution is 0.270. The Morgan fingerprint density at radius 3 is 2.70 bits per heavy atom. The average Bonchev–Trinajstić information content (AvgIpc) is 2.58. The summed E-state index contributed by atoms with van der Waals surface area (Å²) in [5.74, 6) is 0.926. The van der Waals surface area contributed by atoms with Gasteiger partial charge in [0.1, 0.15) is 11.6 Å². The summed E-state index contributed by atoms with van der Waals surface area (Å²) < 4.78 is 13.2. The number of benzene rings is 1. The minimum Gasteiger partial charge on any atom is -0.354 e. The quantitative estimate of drug-likeness (QED) is 0.929. The standard InChI is InChI=1S/C16H19ClFN5/c1-2-22-7-9-23(10-8-22)15-5-6-19-16(21-15)20-12-3-4-14(18)13(17)11-12/h3-6,11H,2,7-10H2,1H3,(H,19,20,21). The Kier molecular flexibility index (Phi) is 4.93. The summed E-state index contributed by atoms with van der Waals surface area (Å²) in [5.41, 5.74) is 0.657. The first-order valence-electron chi connectivity index (χ1n) is 7.68. The summed E-state index contributed by atoms with van der Waals surface area (Å²) in [6, 6.07) is 6.35. The maximum Gasteiger partial charge on any atom is 0.229 e. The highest BCUT2D eigenvalue weighted by Crippen LogP contribution is 2.22. The predicted octanol–water partition coefficient (Wildman–Crippen LogP) is 3.15. The fraction of sp³-hybridized carbons (Fsp3) is 0.375. The van der Waals surface area contributed by atoms with Crippen molar-refractivity contribution in [1.29, 1.82) is 0 Å². The second-order valence-corrected chi connectivity index (χ2v) is 5.82. The van der Waals surface area contributed by atoms with E-state index >= 15 is 0 Å². The largest absolute Gasteiger partial charge is 0.354 e. The fourth-order valence-electron chi connectivity index (χ4n) is 2.58. The van der Waals surface area contributed by atoms with Gasteiger partial charge in [-0.2, -0.15) is 4.98 Å². The molecule has 5 nitrogen and oxygen atoms in total. The van der Waals surface area contributed by atoms with Crippen LogP contribution in [-0.4, -0.2) is 47.6 Å². The fourth-order valence-corrected chi connectivity index (χ4v) is 2.76. The predicted molar refractivity (Wildman–Crippen MR) is 91.1 cm³/mol. The van der Waals surface area contributed by atoms with Crippen molar-refractivity contribution in [2.24, 2.45) is 0 Å². The highest BCUT2D eigenvalue weighted by Gasteiger charge is 2.17. The molecule has 0 saturated carbocycles. The molecule has 0 spiro atoms. The molecule has 2 heterocycles. The van der Waals surface area contributed by atoms with E-state index in [0.717, 1.165) is 38.5 Å². The topological polar surface area (TPSA) is 44.3 Å². The van der Waals surface area contributed by atoms with E-state index in [9.17, 15) is 4.39 Å². The Hall–Kier alpha value is -1.92. The number of nitrogens with one attached hydrogen (secondary N) is 1. The maximum atomic E-state index is 13.2. The molecule has 1 aromatic heterocycles. The van der Waals surface area contributed by atoms with Crippen LogP contribution in [0, 0.1) is 5.82 Å². The van der Waals surface area contributed by atoms with Crippen LogP contribution in [0.4, 0.5) is 21.8 Å². The summed E-state index contributed by atoms with van der Waals surface area (Å²) in [5, 5.41) is 3.13. The third kappa shape index (κ3) is 3.89. The van der Waals surface area contributed by atoms with Crippen LogP contribution in [0.2, 0.25) is 5.02 Å². The van der Waals surface area contributed by atoms with Crippen LogP contribution in [-0.2, 0) is 0 Å². The van der Waals surface area contributed by atoms with Gasteiger partial charge in [0.2, 0.25) is 5.95 Å². The second-order valence-electron chi connectivity index (χ2n) is 5.41. The van der Waals surface area contributed by atoms with Crippen molar-refractivity contribution in [3.63, 3.8) is 0 Å². The third-order valence-corrected chi connectivity index (χ3v) is 4.25. The van der Waals surface area contributed by atoms with E-state index in [1.54, 1.807) is 12.3 Å². The van der Waals surface area contributed by atoms with Gasteiger partial charge in [0.05, 0.1) is 5.02 Å². The molecule has 1 N–H and O–H groups in total. The summed E-state index contributed by atoms with van der Waals surface area (Å²) in [6.07, 6.45) is 1.72. The molecule has 0 unspecified atom stereocenters. The number of halogens is 2. The van der Waals surface area contributed by atoms with Gasteiger partial charge in [-0.15, -0.1) is 0 Å². The Bertz CT molecular complexity index is 673. The molecule has 1 aliphatic heterocycles. The van der Waals surface area contributed by atoms with E-state index in [1.165, 1.54) is 12.1 Å². The van der Waals surface area contributed by atoms with Crippen LogP contribution in [0.5, 0.6) is 0 Å². The van der Waals surface area contributed by atoms with Crippen molar-refractivity contribution in [1.82, 2.24) is 14.9 Å². The van der Waals surface area contributed by atoms with Crippen LogP contribution < -0.4 is 10.2 Å². The smallest absolute Gasteiger partial charge is 0.229 e. The number of anilines is 3. The molecule has 0 amide bonds. The Labute approximate surface area is 140 Å². The molecule has 122 valence electrons. The maximum absolute atomic E-state index is 13.2. The number of aromatic nitrogens is 2. The van der Waals surface area contributed by atoms with Gasteiger partial charge in [-0.05, 0) is 30.8 Å². The van der Waals surface area contributed by atoms with Gasteiger partial charge in [0.15, 0.2) is 0 Å². The van der Waals surface area contributed by atoms with E-state index in [-0.39, 0.29) is 5.02 Å². The lowest BCUT2D eigenvalue weighted by Gasteiger charge is -2.34. The summed E-state index contributed by atoms with van der Waals surface area (Å²) >= 11 is 5.79. The zero-order chi connectivity index (χ0) is 16.2. The molecule has 3 rings (SSSR count). The summed E-state index contributed by atoms with van der Waals surface area (Å²) in [4.78, 5) is 13.4. The van der Waals surface area contributed by atoms with E-state index in [1.807, 2.05) is 6.07 Å². The molecular weight excluding hydrogens is 317 g/mol. The molecule has 7 heteroatoms. The number of hydrogen-bond acceptors (Lipinski definition) is 5. The van der Waals surface area contributed by atoms with Gasteiger partial charge in [-0.1, -0.05) is 18.5 Å². The first kappa shape index (κ1) is 16.0. The van der Waals surface area contributed by atoms with E-state index < -0.39 is 5.82 Å². The van der Waals surface area contributed by atoms with Crippen molar-refractivity contribution in [2.45, 2.75) is 6.92 Å². The van der Waals surface area contributed by atoms with Crippen LogP contribution in [0.15, 0.2) is 30.5 Å². The van der Waals surface area contributed by atoms with Crippen molar-refractivity contribution in [3.8, 4) is 0 Å². The molecule has 0 aliphatic carbocycles. The number of nitrogens with zero attached hydrogens (tertiary/aromatic N) is 4. The molecule has 1 aromatic carbocycles. The summed E-state index contributed by atoms with van der Waals surface area (Å²) in [7, 11) is 0. The number of piperazine rings is 1. The van der Waals surface area contributed by atoms with E-state index in [4.69, 9.17) is 11.6 Å². The second kappa shape index (κ2) is 7.10. The first-order valence-corrected chi connectivity index (χ1v) is 8.06. The minimum atomic E-state index is -0.444. The lowest BCUT2D eigenvalue weighted by atomic mass is 10.3. The van der Waals surface area contributed by atoms with Gasteiger partial charge in [0, 0.05) is 38.1 Å². The highest BCUT2D eigenvalue weighted by molar-refractivity contribution is 6.31. The Balaban J connectivity index is 1.71. The Morgan fingerprint density at radius 1 is 1.22 bits per heavy atom. The number of rotatable bonds is 4. The van der Waals surface area contributed by atoms with Crippen molar-refractivity contribution >= 4 is 29.1 Å². The average molecular weight is 336 g/mol. The molecule has 2 aromatic rings. The number of hydrogen-bond donors (Lipinski definition) is 1. The number of likely N-dealkylation sites (N-methyl/N-ethyl adjacent to an activating group) is 1. The molecule has 1 aliphatic rings. The van der Waals surface area contributed by atoms with Gasteiger partial charge >= 0.3 is 0 Å². The van der Waals surface area contributed by atoms with E-state index in [0.29, 0.717) is 11.6 Å². The van der Waals surface area contributed by atoms with Crippen LogP contribution in [0.3, 0.4) is 0 Å². The zero-order valence-electron chi connectivity index (χ0n) is 13.0. The van der Waals surface area contributed by atoms with Crippen molar-refractivity contribution in [3.05, 3.63) is 41.3 Å². The van der Waals surface area contributed by atoms with Crippen molar-refractivity contribution in [2.75, 3.05) is 42.9 Å². The highest BCUT2D eigenvalue weighted by atomic mass is 35.5. The normalized spacial score (nSPS) is 15.7. The minimum absolute atomic E-state index is 0.0712. The van der Waals surface area contributed by atoms with Gasteiger partial charge in [-0.3, -0.25) is 0 Å². The SMILES string of the molecule is CCN1CCN(c2ccnc(Nc3ccc(F)c(Cl)c3)n2)CC1. The molecule has 0 radical (unpaired) electrons. The third-order valence-electron chi connectivity index (χ3n) is 3.96. The molecule has 1 saturated heterocycles. The lowest BCUT2D eigenvalue weighted by Crippen LogP contribution is -2.46. The monoisotopic (exact) mass is 335 g/mol. The van der Waals surface area contributed by atoms with E-state index in [2.05, 4.69) is 32.0 Å². The van der Waals surface area contributed by atoms with Gasteiger partial charge in [-0.25, -0.2) is 9.37 Å². The molecular formula is C16H19ClFN5.